The summed E-state index contributed by atoms with van der Waals surface area (Å²) in [4.78, 5) is 11.7. The normalized spacial score (nSPS) is 50.6. The number of aliphatic hydroxyl groups excluding tert-OH is 1. The first-order chi connectivity index (χ1) is 13.1. The minimum Gasteiger partial charge on any atom is -0.391 e. The molecule has 0 spiro atoms. The molecule has 16 heteroatoms. The molecule has 4 aliphatic rings. The van der Waals surface area contributed by atoms with Crippen molar-refractivity contribution in [2.75, 3.05) is 6.61 Å². The Balaban J connectivity index is 2.51. The molecule has 30 heavy (non-hydrogen) atoms. The Morgan fingerprint density at radius 2 is 1.13 bits per heavy atom. The molecule has 4 saturated carbocycles. The van der Waals surface area contributed by atoms with E-state index in [1.165, 1.54) is 0 Å². The highest BCUT2D eigenvalue weighted by Crippen LogP contribution is 2.84. The van der Waals surface area contributed by atoms with Gasteiger partial charge in [-0.2, -0.15) is 35.1 Å². The second-order valence-corrected chi connectivity index (χ2v) is 7.23. The topological polar surface area (TPSA) is 46.5 Å². The van der Waals surface area contributed by atoms with E-state index < -0.39 is 77.1 Å². The third-order valence-electron chi connectivity index (χ3n) is 5.92. The van der Waals surface area contributed by atoms with E-state index in [4.69, 9.17) is 0 Å². The lowest BCUT2D eigenvalue weighted by molar-refractivity contribution is -0.556. The van der Waals surface area contributed by atoms with Crippen LogP contribution in [0.1, 0.15) is 13.3 Å². The summed E-state index contributed by atoms with van der Waals surface area (Å²) in [7, 11) is 0. The van der Waals surface area contributed by atoms with Gasteiger partial charge in [-0.05, 0) is 6.42 Å². The van der Waals surface area contributed by atoms with Gasteiger partial charge in [0.1, 0.15) is 0 Å². The average molecular weight is 472 g/mol. The van der Waals surface area contributed by atoms with Crippen LogP contribution in [-0.4, -0.2) is 75.8 Å². The van der Waals surface area contributed by atoms with Crippen LogP contribution in [0.3, 0.4) is 0 Å². The summed E-state index contributed by atoms with van der Waals surface area (Å²) < 4.78 is 192. The molecule has 0 radical (unpaired) electrons. The van der Waals surface area contributed by atoms with Crippen molar-refractivity contribution in [3.63, 3.8) is 0 Å². The van der Waals surface area contributed by atoms with Crippen molar-refractivity contribution < 1.29 is 71.7 Å². The number of ether oxygens (including phenoxy) is 1. The molecule has 4 fully saturated rings. The molecule has 0 heterocycles. The molecule has 0 aromatic rings. The van der Waals surface area contributed by atoms with Crippen LogP contribution in [0.2, 0.25) is 0 Å². The lowest BCUT2D eigenvalue weighted by Gasteiger charge is -2.71. The zero-order valence-corrected chi connectivity index (χ0v) is 14.2. The third-order valence-corrected chi connectivity index (χ3v) is 5.92. The van der Waals surface area contributed by atoms with Crippen LogP contribution in [0.25, 0.3) is 0 Å². The third kappa shape index (κ3) is 1.49. The predicted octanol–water partition coefficient (Wildman–Crippen LogP) is 3.42. The first-order valence-corrected chi connectivity index (χ1v) is 7.94. The van der Waals surface area contributed by atoms with Crippen molar-refractivity contribution in [1.82, 2.24) is 0 Å². The summed E-state index contributed by atoms with van der Waals surface area (Å²) in [6, 6.07) is 0. The molecule has 0 saturated heterocycles. The molecule has 0 aromatic heterocycles. The Kier molecular flexibility index (Phi) is 4.03. The summed E-state index contributed by atoms with van der Waals surface area (Å²) in [5.41, 5.74) is -28.4. The number of rotatable bonds is 4. The van der Waals surface area contributed by atoms with Crippen LogP contribution in [-0.2, 0) is 9.53 Å². The summed E-state index contributed by atoms with van der Waals surface area (Å²) in [5, 5.41) is 9.18. The van der Waals surface area contributed by atoms with Crippen LogP contribution >= 0.6 is 0 Å². The number of carbonyl (C=O) groups excluding carboxylic acids is 1. The molecule has 3 nitrogen and oxygen atoms in total. The predicted molar refractivity (Wildman–Crippen MR) is 66.2 cm³/mol. The van der Waals surface area contributed by atoms with Gasteiger partial charge in [0.2, 0.25) is 5.78 Å². The second kappa shape index (κ2) is 5.18. The summed E-state index contributed by atoms with van der Waals surface area (Å²) in [6.45, 7) is -1.02. The number of carbonyl (C=O) groups is 1. The minimum atomic E-state index is -7.56. The van der Waals surface area contributed by atoms with Gasteiger partial charge in [-0.3, -0.25) is 4.79 Å². The fourth-order valence-corrected chi connectivity index (χ4v) is 4.12. The molecular formula is C14H9F13O3. The van der Waals surface area contributed by atoms with Gasteiger partial charge in [0.05, 0.1) is 12.7 Å². The number of aliphatic hydroxyl groups is 1. The Morgan fingerprint density at radius 3 is 1.57 bits per heavy atom. The van der Waals surface area contributed by atoms with Gasteiger partial charge in [0.25, 0.3) is 5.67 Å². The number of hydrogen-bond acceptors (Lipinski definition) is 3. The Hall–Kier alpha value is -1.32. The quantitative estimate of drug-likeness (QED) is 0.639. The van der Waals surface area contributed by atoms with Crippen LogP contribution < -0.4 is 0 Å². The first-order valence-electron chi connectivity index (χ1n) is 7.94. The van der Waals surface area contributed by atoms with Crippen molar-refractivity contribution in [1.29, 1.82) is 0 Å². The summed E-state index contributed by atoms with van der Waals surface area (Å²) in [6.07, 6.45) is -2.75. The van der Waals surface area contributed by atoms with E-state index in [9.17, 15) is 53.8 Å². The maximum Gasteiger partial charge on any atom is 0.340 e. The van der Waals surface area contributed by atoms with Crippen molar-refractivity contribution in [2.24, 2.45) is 0 Å². The van der Waals surface area contributed by atoms with Gasteiger partial charge in [-0.1, -0.05) is 6.92 Å². The number of alkyl halides is 13. The van der Waals surface area contributed by atoms with E-state index in [0.29, 0.717) is 0 Å². The van der Waals surface area contributed by atoms with E-state index in [-0.39, 0.29) is 0 Å². The zero-order valence-electron chi connectivity index (χ0n) is 14.2. The van der Waals surface area contributed by atoms with Crippen LogP contribution in [0.5, 0.6) is 0 Å². The molecule has 0 aliphatic heterocycles. The van der Waals surface area contributed by atoms with Gasteiger partial charge < -0.3 is 9.84 Å². The van der Waals surface area contributed by atoms with E-state index >= 15 is 13.2 Å². The highest BCUT2D eigenvalue weighted by Gasteiger charge is 3.20. The highest BCUT2D eigenvalue weighted by molar-refractivity contribution is 6.04. The Bertz CT molecular complexity index is 817. The molecule has 0 amide bonds. The number of hydrogen-bond donors (Lipinski definition) is 1. The van der Waals surface area contributed by atoms with E-state index in [0.717, 1.165) is 6.92 Å². The van der Waals surface area contributed by atoms with E-state index in [2.05, 4.69) is 4.74 Å². The Morgan fingerprint density at radius 1 is 0.733 bits per heavy atom. The minimum absolute atomic E-state index is 0.593. The SMILES string of the molecule is CCC(O)COC1(F)C2(F)C(=O)C3(F)C(F)(F)C(F)(C2(F)F)C(F)(F)C1(F)C3(F)F. The Labute approximate surface area is 157 Å². The van der Waals surface area contributed by atoms with Gasteiger partial charge in [0.15, 0.2) is 0 Å². The molecule has 4 aliphatic carbocycles. The molecule has 6 unspecified atom stereocenters. The fraction of sp³-hybridized carbons (Fsp3) is 0.929. The van der Waals surface area contributed by atoms with Crippen molar-refractivity contribution in [3.8, 4) is 0 Å². The van der Waals surface area contributed by atoms with Gasteiger partial charge in [0, 0.05) is 0 Å². The second-order valence-electron chi connectivity index (χ2n) is 7.23. The van der Waals surface area contributed by atoms with E-state index in [1.807, 2.05) is 0 Å². The number of Topliss-reactive ketones (excluding diaryl/α,β-unsaturated/α-hetero) is 1. The molecular weight excluding hydrogens is 463 g/mol. The highest BCUT2D eigenvalue weighted by atomic mass is 19.3. The van der Waals surface area contributed by atoms with Crippen molar-refractivity contribution >= 4 is 5.78 Å². The molecule has 6 atom stereocenters. The van der Waals surface area contributed by atoms with Gasteiger partial charge >= 0.3 is 46.6 Å². The van der Waals surface area contributed by atoms with Crippen molar-refractivity contribution in [3.05, 3.63) is 0 Å². The van der Waals surface area contributed by atoms with Crippen LogP contribution in [0, 0.1) is 0 Å². The molecule has 174 valence electrons. The monoisotopic (exact) mass is 472 g/mol. The average Bonchev–Trinajstić information content (AvgIpc) is 2.64. The largest absolute Gasteiger partial charge is 0.391 e. The molecule has 4 rings (SSSR count). The van der Waals surface area contributed by atoms with Crippen molar-refractivity contribution in [2.45, 2.75) is 71.7 Å². The maximum absolute atomic E-state index is 15.1. The number of halogens is 13. The standard InChI is InChI=1S/C14H9F13O3/c1-2-4(28)3-30-14(27)7(16)5(29)6(15)10(19,20)8(17,12(7,23)24)13(25,26)9(14,18)11(6,21)22/h4,28H,2-3H2,1H3. The lowest BCUT2D eigenvalue weighted by atomic mass is 9.41. The molecule has 0 aromatic carbocycles. The fourth-order valence-electron chi connectivity index (χ4n) is 4.12. The number of ketones is 1. The zero-order chi connectivity index (χ0) is 23.8. The van der Waals surface area contributed by atoms with Gasteiger partial charge in [-0.15, -0.1) is 0 Å². The first kappa shape index (κ1) is 23.3. The van der Waals surface area contributed by atoms with Gasteiger partial charge in [-0.25, -0.2) is 22.0 Å². The molecule has 1 N–H and O–H groups in total. The van der Waals surface area contributed by atoms with Crippen LogP contribution in [0.15, 0.2) is 0 Å². The van der Waals surface area contributed by atoms with E-state index in [1.54, 1.807) is 0 Å². The summed E-state index contributed by atoms with van der Waals surface area (Å²) >= 11 is 0. The summed E-state index contributed by atoms with van der Waals surface area (Å²) in [5.74, 6) is -40.7. The maximum atomic E-state index is 15.1. The lowest BCUT2D eigenvalue weighted by Crippen LogP contribution is -3.07. The van der Waals surface area contributed by atoms with Crippen LogP contribution in [0.4, 0.5) is 57.1 Å². The molecule has 4 bridgehead atoms. The smallest absolute Gasteiger partial charge is 0.340 e.